The minimum atomic E-state index is -0.307. The topological polar surface area (TPSA) is 52.7 Å². The van der Waals surface area contributed by atoms with Crippen LogP contribution in [0.1, 0.15) is 18.9 Å². The molecular weight excluding hydrogens is 285 g/mol. The number of nitrogens with zero attached hydrogens (tertiary/aromatic N) is 2. The molecule has 0 unspecified atom stereocenters. The van der Waals surface area contributed by atoms with E-state index < -0.39 is 0 Å². The van der Waals surface area contributed by atoms with E-state index in [4.69, 9.17) is 0 Å². The molecule has 5 nitrogen and oxygen atoms in total. The Kier molecular flexibility index (Phi) is 7.52. The third kappa shape index (κ3) is 7.17. The number of amides is 2. The molecule has 122 valence electrons. The van der Waals surface area contributed by atoms with Gasteiger partial charge in [0.1, 0.15) is 5.82 Å². The zero-order valence-electron chi connectivity index (χ0n) is 13.4. The van der Waals surface area contributed by atoms with E-state index >= 15 is 0 Å². The fourth-order valence-corrected chi connectivity index (χ4v) is 1.96. The minimum absolute atomic E-state index is 0.0456. The molecule has 0 spiro atoms. The molecule has 0 bridgehead atoms. The molecule has 0 aliphatic carbocycles. The van der Waals surface area contributed by atoms with E-state index in [-0.39, 0.29) is 24.2 Å². The average molecular weight is 309 g/mol. The highest BCUT2D eigenvalue weighted by atomic mass is 19.1. The molecule has 0 radical (unpaired) electrons. The van der Waals surface area contributed by atoms with Crippen molar-refractivity contribution < 1.29 is 14.0 Å². The maximum atomic E-state index is 12.8. The van der Waals surface area contributed by atoms with Gasteiger partial charge in [0, 0.05) is 20.0 Å². The summed E-state index contributed by atoms with van der Waals surface area (Å²) in [6.45, 7) is 3.24. The molecule has 22 heavy (non-hydrogen) atoms. The fourth-order valence-electron chi connectivity index (χ4n) is 1.96. The summed E-state index contributed by atoms with van der Waals surface area (Å²) in [5.41, 5.74) is 0.816. The molecule has 6 heteroatoms. The third-order valence-electron chi connectivity index (χ3n) is 3.22. The van der Waals surface area contributed by atoms with Crippen LogP contribution in [0.15, 0.2) is 24.3 Å². The highest BCUT2D eigenvalue weighted by Crippen LogP contribution is 2.02. The number of rotatable bonds is 8. The van der Waals surface area contributed by atoms with Crippen LogP contribution in [0.4, 0.5) is 4.39 Å². The number of benzene rings is 1. The zero-order chi connectivity index (χ0) is 16.5. The number of carbonyl (C=O) groups is 2. The van der Waals surface area contributed by atoms with E-state index in [0.717, 1.165) is 18.5 Å². The lowest BCUT2D eigenvalue weighted by molar-refractivity contribution is -0.134. The third-order valence-corrected chi connectivity index (χ3v) is 3.22. The molecule has 0 aromatic heterocycles. The summed E-state index contributed by atoms with van der Waals surface area (Å²) in [5, 5.41) is 2.74. The van der Waals surface area contributed by atoms with Gasteiger partial charge in [0.2, 0.25) is 11.8 Å². The molecule has 0 fully saturated rings. The Bertz CT molecular complexity index is 489. The Balaban J connectivity index is 2.39. The van der Waals surface area contributed by atoms with Crippen molar-refractivity contribution in [2.45, 2.75) is 19.9 Å². The van der Waals surface area contributed by atoms with Crippen LogP contribution in [0, 0.1) is 5.82 Å². The number of hydrogen-bond acceptors (Lipinski definition) is 3. The monoisotopic (exact) mass is 309 g/mol. The van der Waals surface area contributed by atoms with Crippen LogP contribution in [0.25, 0.3) is 0 Å². The first kappa shape index (κ1) is 18.1. The summed E-state index contributed by atoms with van der Waals surface area (Å²) in [6.07, 6.45) is 0.817. The molecule has 1 N–H and O–H groups in total. The Hall–Kier alpha value is -1.95. The van der Waals surface area contributed by atoms with Crippen LogP contribution >= 0.6 is 0 Å². The molecule has 0 heterocycles. The van der Waals surface area contributed by atoms with Crippen LogP contribution in [0.3, 0.4) is 0 Å². The molecule has 2 amide bonds. The van der Waals surface area contributed by atoms with E-state index in [2.05, 4.69) is 5.32 Å². The summed E-state index contributed by atoms with van der Waals surface area (Å²) in [4.78, 5) is 27.0. The largest absolute Gasteiger partial charge is 0.350 e. The van der Waals surface area contributed by atoms with Gasteiger partial charge in [0.15, 0.2) is 0 Å². The van der Waals surface area contributed by atoms with E-state index in [0.29, 0.717) is 13.1 Å². The fraction of sp³-hybridized carbons (Fsp3) is 0.500. The predicted octanol–water partition coefficient (Wildman–Crippen LogP) is 1.24. The van der Waals surface area contributed by atoms with Gasteiger partial charge in [-0.2, -0.15) is 0 Å². The molecule has 0 saturated carbocycles. The summed E-state index contributed by atoms with van der Waals surface area (Å²) >= 11 is 0. The van der Waals surface area contributed by atoms with Crippen molar-refractivity contribution in [2.75, 3.05) is 33.7 Å². The van der Waals surface area contributed by atoms with Crippen molar-refractivity contribution in [1.82, 2.24) is 15.1 Å². The van der Waals surface area contributed by atoms with Crippen LogP contribution < -0.4 is 5.32 Å². The van der Waals surface area contributed by atoms with Crippen molar-refractivity contribution in [3.05, 3.63) is 35.6 Å². The van der Waals surface area contributed by atoms with Gasteiger partial charge < -0.3 is 15.1 Å². The van der Waals surface area contributed by atoms with Crippen molar-refractivity contribution in [1.29, 1.82) is 0 Å². The SMILES string of the molecule is CC(=O)N(CCCN(C)C)CC(=O)NCc1ccc(F)cc1. The van der Waals surface area contributed by atoms with Crippen LogP contribution in [0.2, 0.25) is 0 Å². The van der Waals surface area contributed by atoms with Crippen molar-refractivity contribution in [3.8, 4) is 0 Å². The first-order chi connectivity index (χ1) is 10.4. The molecule has 0 atom stereocenters. The molecule has 1 aromatic rings. The summed E-state index contributed by atoms with van der Waals surface area (Å²) in [7, 11) is 3.93. The Labute approximate surface area is 131 Å². The van der Waals surface area contributed by atoms with E-state index in [1.54, 1.807) is 12.1 Å². The van der Waals surface area contributed by atoms with E-state index in [9.17, 15) is 14.0 Å². The smallest absolute Gasteiger partial charge is 0.239 e. The summed E-state index contributed by atoms with van der Waals surface area (Å²) < 4.78 is 12.8. The maximum Gasteiger partial charge on any atom is 0.239 e. The van der Waals surface area contributed by atoms with Gasteiger partial charge in [-0.25, -0.2) is 4.39 Å². The number of carbonyl (C=O) groups excluding carboxylic acids is 2. The molecule has 0 aliphatic rings. The number of halogens is 1. The molecule has 0 saturated heterocycles. The number of nitrogens with one attached hydrogen (secondary N) is 1. The first-order valence-electron chi connectivity index (χ1n) is 7.30. The number of hydrogen-bond donors (Lipinski definition) is 1. The van der Waals surface area contributed by atoms with Gasteiger partial charge in [0.25, 0.3) is 0 Å². The maximum absolute atomic E-state index is 12.8. The lowest BCUT2D eigenvalue weighted by Gasteiger charge is -2.21. The van der Waals surface area contributed by atoms with E-state index in [1.165, 1.54) is 24.0 Å². The highest BCUT2D eigenvalue weighted by molar-refractivity contribution is 5.83. The van der Waals surface area contributed by atoms with Gasteiger partial charge in [-0.05, 0) is 44.8 Å². The quantitative estimate of drug-likeness (QED) is 0.786. The standard InChI is InChI=1S/C16H24FN3O2/c1-13(21)20(10-4-9-19(2)3)12-16(22)18-11-14-5-7-15(17)8-6-14/h5-8H,4,9-12H2,1-3H3,(H,18,22). The second-order valence-corrected chi connectivity index (χ2v) is 5.50. The minimum Gasteiger partial charge on any atom is -0.350 e. The lowest BCUT2D eigenvalue weighted by atomic mass is 10.2. The van der Waals surface area contributed by atoms with Gasteiger partial charge in [-0.3, -0.25) is 9.59 Å². The molecule has 1 aromatic carbocycles. The Morgan fingerprint density at radius 1 is 1.14 bits per heavy atom. The van der Waals surface area contributed by atoms with Crippen molar-refractivity contribution >= 4 is 11.8 Å². The Morgan fingerprint density at radius 2 is 1.77 bits per heavy atom. The van der Waals surface area contributed by atoms with Gasteiger partial charge >= 0.3 is 0 Å². The van der Waals surface area contributed by atoms with Crippen LogP contribution in [-0.2, 0) is 16.1 Å². The van der Waals surface area contributed by atoms with Crippen molar-refractivity contribution in [2.24, 2.45) is 0 Å². The second kappa shape index (κ2) is 9.15. The van der Waals surface area contributed by atoms with Gasteiger partial charge in [0.05, 0.1) is 6.54 Å². The first-order valence-corrected chi connectivity index (χ1v) is 7.30. The molecule has 1 rings (SSSR count). The zero-order valence-corrected chi connectivity index (χ0v) is 13.4. The molecule has 0 aliphatic heterocycles. The van der Waals surface area contributed by atoms with Crippen LogP contribution in [-0.4, -0.2) is 55.3 Å². The lowest BCUT2D eigenvalue weighted by Crippen LogP contribution is -2.40. The van der Waals surface area contributed by atoms with Gasteiger partial charge in [-0.15, -0.1) is 0 Å². The van der Waals surface area contributed by atoms with Gasteiger partial charge in [-0.1, -0.05) is 12.1 Å². The Morgan fingerprint density at radius 3 is 2.32 bits per heavy atom. The van der Waals surface area contributed by atoms with Crippen LogP contribution in [0.5, 0.6) is 0 Å². The predicted molar refractivity (Wildman–Crippen MR) is 83.7 cm³/mol. The summed E-state index contributed by atoms with van der Waals surface area (Å²) in [5.74, 6) is -0.640. The summed E-state index contributed by atoms with van der Waals surface area (Å²) in [6, 6.07) is 5.94. The second-order valence-electron chi connectivity index (χ2n) is 5.50. The average Bonchev–Trinajstić information content (AvgIpc) is 2.45. The van der Waals surface area contributed by atoms with Crippen molar-refractivity contribution in [3.63, 3.8) is 0 Å². The van der Waals surface area contributed by atoms with E-state index in [1.807, 2.05) is 19.0 Å². The highest BCUT2D eigenvalue weighted by Gasteiger charge is 2.13. The molecular formula is C16H24FN3O2. The normalized spacial score (nSPS) is 10.6.